The number of halogens is 1. The molecule has 0 fully saturated rings. The minimum absolute atomic E-state index is 0.0227. The summed E-state index contributed by atoms with van der Waals surface area (Å²) in [5.74, 6) is 0.757. The van der Waals surface area contributed by atoms with Crippen molar-refractivity contribution < 1.29 is 14.3 Å². The van der Waals surface area contributed by atoms with Crippen LogP contribution in [0.25, 0.3) is 16.9 Å². The van der Waals surface area contributed by atoms with Gasteiger partial charge in [-0.25, -0.2) is 19.9 Å². The number of rotatable bonds is 8. The summed E-state index contributed by atoms with van der Waals surface area (Å²) in [7, 11) is 0. The maximum absolute atomic E-state index is 12.9. The van der Waals surface area contributed by atoms with Gasteiger partial charge < -0.3 is 14.8 Å². The van der Waals surface area contributed by atoms with Crippen LogP contribution >= 0.6 is 11.6 Å². The molecule has 0 saturated heterocycles. The van der Waals surface area contributed by atoms with Gasteiger partial charge in [0.1, 0.15) is 17.5 Å². The average molecular weight is 454 g/mol. The van der Waals surface area contributed by atoms with Crippen molar-refractivity contribution >= 4 is 34.4 Å². The lowest BCUT2D eigenvalue weighted by Crippen LogP contribution is -2.37. The SMILES string of the molecule is CCOCC(Oc1ncnc2c1cnn2-c1ncccc1C)C(=O)Nc1ccc(Cl)cn1. The van der Waals surface area contributed by atoms with Crippen molar-refractivity contribution in [2.24, 2.45) is 0 Å². The highest BCUT2D eigenvalue weighted by molar-refractivity contribution is 6.30. The molecule has 1 N–H and O–H groups in total. The molecule has 4 rings (SSSR count). The smallest absolute Gasteiger partial charge is 0.269 e. The summed E-state index contributed by atoms with van der Waals surface area (Å²) in [5, 5.41) is 8.10. The lowest BCUT2D eigenvalue weighted by Gasteiger charge is -2.18. The Morgan fingerprint density at radius 1 is 1.19 bits per heavy atom. The van der Waals surface area contributed by atoms with Crippen LogP contribution in [0.15, 0.2) is 49.2 Å². The van der Waals surface area contributed by atoms with Crippen molar-refractivity contribution in [3.63, 3.8) is 0 Å². The van der Waals surface area contributed by atoms with Gasteiger partial charge in [-0.15, -0.1) is 0 Å². The van der Waals surface area contributed by atoms with Crippen molar-refractivity contribution in [3.8, 4) is 11.7 Å². The van der Waals surface area contributed by atoms with Crippen LogP contribution in [0.1, 0.15) is 12.5 Å². The van der Waals surface area contributed by atoms with Crippen LogP contribution in [0.5, 0.6) is 5.88 Å². The molecule has 0 aliphatic carbocycles. The van der Waals surface area contributed by atoms with E-state index in [0.29, 0.717) is 34.3 Å². The molecule has 4 aromatic heterocycles. The first kappa shape index (κ1) is 21.6. The van der Waals surface area contributed by atoms with Gasteiger partial charge in [0.15, 0.2) is 11.5 Å². The van der Waals surface area contributed by atoms with Crippen LogP contribution in [-0.2, 0) is 9.53 Å². The molecule has 0 aliphatic heterocycles. The second-order valence-corrected chi connectivity index (χ2v) is 7.17. The number of amides is 1. The third-order valence-corrected chi connectivity index (χ3v) is 4.73. The zero-order chi connectivity index (χ0) is 22.5. The van der Waals surface area contributed by atoms with Gasteiger partial charge in [-0.05, 0) is 37.6 Å². The van der Waals surface area contributed by atoms with E-state index in [0.717, 1.165) is 5.56 Å². The number of hydrogen-bond donors (Lipinski definition) is 1. The van der Waals surface area contributed by atoms with E-state index < -0.39 is 12.0 Å². The molecular formula is C21H20ClN7O3. The number of carbonyl (C=O) groups excluding carboxylic acids is 1. The van der Waals surface area contributed by atoms with Gasteiger partial charge in [0, 0.05) is 19.0 Å². The minimum Gasteiger partial charge on any atom is -0.461 e. The monoisotopic (exact) mass is 453 g/mol. The van der Waals surface area contributed by atoms with Crippen molar-refractivity contribution in [1.82, 2.24) is 29.7 Å². The molecule has 1 atom stereocenters. The highest BCUT2D eigenvalue weighted by Gasteiger charge is 2.24. The Kier molecular flexibility index (Phi) is 6.52. The fourth-order valence-corrected chi connectivity index (χ4v) is 3.06. The molecule has 4 aromatic rings. The predicted octanol–water partition coefficient (Wildman–Crippen LogP) is 2.99. The van der Waals surface area contributed by atoms with E-state index in [1.807, 2.05) is 26.0 Å². The second-order valence-electron chi connectivity index (χ2n) is 6.73. The van der Waals surface area contributed by atoms with E-state index in [1.165, 1.54) is 12.5 Å². The highest BCUT2D eigenvalue weighted by Crippen LogP contribution is 2.25. The largest absolute Gasteiger partial charge is 0.461 e. The molecule has 0 bridgehead atoms. The van der Waals surface area contributed by atoms with Crippen LogP contribution in [0.2, 0.25) is 5.02 Å². The standard InChI is InChI=1S/C21H20ClN7O3/c1-3-31-11-16(20(30)28-17-7-6-14(22)9-24-17)32-21-15-10-27-29(19(15)25-12-26-21)18-13(2)5-4-8-23-18/h4-10,12,16H,3,11H2,1-2H3,(H,24,28,30). The summed E-state index contributed by atoms with van der Waals surface area (Å²) in [6, 6.07) is 7.01. The van der Waals surface area contributed by atoms with Crippen LogP contribution in [-0.4, -0.2) is 54.9 Å². The number of aromatic nitrogens is 6. The summed E-state index contributed by atoms with van der Waals surface area (Å²) in [5.41, 5.74) is 1.44. The zero-order valence-electron chi connectivity index (χ0n) is 17.4. The molecule has 0 spiro atoms. The Bertz CT molecular complexity index is 1230. The summed E-state index contributed by atoms with van der Waals surface area (Å²) in [4.78, 5) is 29.8. The summed E-state index contributed by atoms with van der Waals surface area (Å²) >= 11 is 5.85. The number of nitrogens with zero attached hydrogens (tertiary/aromatic N) is 6. The van der Waals surface area contributed by atoms with E-state index in [1.54, 1.807) is 29.2 Å². The quantitative estimate of drug-likeness (QED) is 0.432. The molecule has 1 amide bonds. The van der Waals surface area contributed by atoms with Crippen molar-refractivity contribution in [1.29, 1.82) is 0 Å². The van der Waals surface area contributed by atoms with E-state index in [9.17, 15) is 4.79 Å². The highest BCUT2D eigenvalue weighted by atomic mass is 35.5. The predicted molar refractivity (Wildman–Crippen MR) is 118 cm³/mol. The number of carbonyl (C=O) groups is 1. The maximum Gasteiger partial charge on any atom is 0.269 e. The van der Waals surface area contributed by atoms with Crippen LogP contribution in [0, 0.1) is 6.92 Å². The Morgan fingerprint density at radius 3 is 2.81 bits per heavy atom. The molecule has 32 heavy (non-hydrogen) atoms. The van der Waals surface area contributed by atoms with Crippen LogP contribution < -0.4 is 10.1 Å². The number of hydrogen-bond acceptors (Lipinski definition) is 8. The number of nitrogens with one attached hydrogen (secondary N) is 1. The first-order valence-electron chi connectivity index (χ1n) is 9.84. The van der Waals surface area contributed by atoms with Crippen molar-refractivity contribution in [2.45, 2.75) is 20.0 Å². The number of aryl methyl sites for hydroxylation is 1. The number of pyridine rings is 2. The summed E-state index contributed by atoms with van der Waals surface area (Å²) < 4.78 is 13.0. The van der Waals surface area contributed by atoms with Crippen LogP contribution in [0.4, 0.5) is 5.82 Å². The number of ether oxygens (including phenoxy) is 2. The van der Waals surface area contributed by atoms with E-state index in [2.05, 4.69) is 30.4 Å². The number of anilines is 1. The topological polar surface area (TPSA) is 117 Å². The van der Waals surface area contributed by atoms with Gasteiger partial charge in [0.05, 0.1) is 17.8 Å². The second kappa shape index (κ2) is 9.67. The van der Waals surface area contributed by atoms with Gasteiger partial charge >= 0.3 is 0 Å². The van der Waals surface area contributed by atoms with Gasteiger partial charge in [0.2, 0.25) is 12.0 Å². The van der Waals surface area contributed by atoms with Crippen LogP contribution in [0.3, 0.4) is 0 Å². The Labute approximate surface area is 188 Å². The molecule has 4 heterocycles. The molecule has 164 valence electrons. The van der Waals surface area contributed by atoms with Gasteiger partial charge in [-0.3, -0.25) is 4.79 Å². The number of fused-ring (bicyclic) bond motifs is 1. The van der Waals surface area contributed by atoms with Crippen molar-refractivity contribution in [3.05, 3.63) is 59.8 Å². The average Bonchev–Trinajstić information content (AvgIpc) is 3.23. The Hall–Kier alpha value is -3.63. The molecule has 0 saturated carbocycles. The zero-order valence-corrected chi connectivity index (χ0v) is 18.2. The molecule has 1 unspecified atom stereocenters. The lowest BCUT2D eigenvalue weighted by atomic mass is 10.3. The molecule has 11 heteroatoms. The minimum atomic E-state index is -0.981. The van der Waals surface area contributed by atoms with Gasteiger partial charge in [-0.2, -0.15) is 9.78 Å². The van der Waals surface area contributed by atoms with Crippen molar-refractivity contribution in [2.75, 3.05) is 18.5 Å². The Morgan fingerprint density at radius 2 is 2.06 bits per heavy atom. The maximum atomic E-state index is 12.9. The van der Waals surface area contributed by atoms with Gasteiger partial charge in [0.25, 0.3) is 5.91 Å². The van der Waals surface area contributed by atoms with Gasteiger partial charge in [-0.1, -0.05) is 17.7 Å². The molecular weight excluding hydrogens is 434 g/mol. The molecule has 10 nitrogen and oxygen atoms in total. The third-order valence-electron chi connectivity index (χ3n) is 4.51. The summed E-state index contributed by atoms with van der Waals surface area (Å²) in [6.07, 6.45) is 5.07. The normalized spacial score (nSPS) is 12.0. The van der Waals surface area contributed by atoms with E-state index in [4.69, 9.17) is 21.1 Å². The van der Waals surface area contributed by atoms with E-state index in [-0.39, 0.29) is 12.5 Å². The van der Waals surface area contributed by atoms with E-state index >= 15 is 0 Å². The third kappa shape index (κ3) is 4.66. The lowest BCUT2D eigenvalue weighted by molar-refractivity contribution is -0.125. The fourth-order valence-electron chi connectivity index (χ4n) is 2.95. The fraction of sp³-hybridized carbons (Fsp3) is 0.238. The first-order chi connectivity index (χ1) is 15.6. The Balaban J connectivity index is 1.62. The molecule has 0 radical (unpaired) electrons. The first-order valence-corrected chi connectivity index (χ1v) is 10.2. The summed E-state index contributed by atoms with van der Waals surface area (Å²) in [6.45, 7) is 4.21. The molecule has 0 aromatic carbocycles. The molecule has 0 aliphatic rings.